The average molecular weight is 365 g/mol. The lowest BCUT2D eigenvalue weighted by Gasteiger charge is -2.10. The zero-order valence-electron chi connectivity index (χ0n) is 15.0. The Bertz CT molecular complexity index is 990. The van der Waals surface area contributed by atoms with Crippen LogP contribution in [0.25, 0.3) is 10.9 Å². The van der Waals surface area contributed by atoms with Gasteiger partial charge in [-0.25, -0.2) is 9.59 Å². The molecule has 0 saturated carbocycles. The van der Waals surface area contributed by atoms with Gasteiger partial charge in [0.25, 0.3) is 5.91 Å². The van der Waals surface area contributed by atoms with Crippen LogP contribution >= 0.6 is 0 Å². The Morgan fingerprint density at radius 3 is 2.59 bits per heavy atom. The van der Waals surface area contributed by atoms with Crippen molar-refractivity contribution < 1.29 is 19.1 Å². The number of para-hydroxylation sites is 1. The number of esters is 1. The standard InChI is InChI=1S/C20H19N3O4/c1-12-6-5-9-15(13(12)2)22-20(26)23-18(24)11-27-19(25)17-10-14-7-3-4-8-16(14)21-17/h3-10,21H,11H2,1-2H3,(H2,22,23,24,26). The molecule has 0 bridgehead atoms. The van der Waals surface area contributed by atoms with Crippen molar-refractivity contribution in [2.24, 2.45) is 0 Å². The number of ether oxygens (including phenoxy) is 1. The van der Waals surface area contributed by atoms with E-state index in [-0.39, 0.29) is 5.69 Å². The molecule has 1 heterocycles. The van der Waals surface area contributed by atoms with E-state index in [0.29, 0.717) is 5.69 Å². The summed E-state index contributed by atoms with van der Waals surface area (Å²) in [5.41, 5.74) is 3.57. The maximum Gasteiger partial charge on any atom is 0.355 e. The van der Waals surface area contributed by atoms with Crippen molar-refractivity contribution in [3.05, 3.63) is 65.4 Å². The maximum absolute atomic E-state index is 12.0. The summed E-state index contributed by atoms with van der Waals surface area (Å²) in [5.74, 6) is -1.39. The highest BCUT2D eigenvalue weighted by atomic mass is 16.5. The first-order chi connectivity index (χ1) is 12.9. The SMILES string of the molecule is Cc1cccc(NC(=O)NC(=O)COC(=O)c2cc3ccccc3[nH]2)c1C. The molecule has 138 valence electrons. The summed E-state index contributed by atoms with van der Waals surface area (Å²) in [7, 11) is 0. The molecule has 0 aliphatic heterocycles. The molecule has 0 fully saturated rings. The van der Waals surface area contributed by atoms with Crippen LogP contribution in [0.1, 0.15) is 21.6 Å². The van der Waals surface area contributed by atoms with Gasteiger partial charge in [0.1, 0.15) is 5.69 Å². The number of benzene rings is 2. The van der Waals surface area contributed by atoms with Gasteiger partial charge < -0.3 is 15.0 Å². The molecule has 1 aromatic heterocycles. The summed E-state index contributed by atoms with van der Waals surface area (Å²) in [4.78, 5) is 38.7. The number of carbonyl (C=O) groups excluding carboxylic acids is 3. The van der Waals surface area contributed by atoms with Crippen LogP contribution in [-0.4, -0.2) is 29.5 Å². The van der Waals surface area contributed by atoms with E-state index in [1.165, 1.54) is 0 Å². The molecular formula is C20H19N3O4. The Labute approximate surface area is 155 Å². The number of H-pyrrole nitrogens is 1. The van der Waals surface area contributed by atoms with E-state index in [2.05, 4.69) is 15.6 Å². The molecule has 0 atom stereocenters. The lowest BCUT2D eigenvalue weighted by Crippen LogP contribution is -2.37. The first-order valence-electron chi connectivity index (χ1n) is 8.36. The van der Waals surface area contributed by atoms with Crippen LogP contribution in [0.3, 0.4) is 0 Å². The summed E-state index contributed by atoms with van der Waals surface area (Å²) >= 11 is 0. The number of urea groups is 1. The zero-order chi connectivity index (χ0) is 19.4. The molecule has 0 aliphatic carbocycles. The smallest absolute Gasteiger partial charge is 0.355 e. The Morgan fingerprint density at radius 1 is 1.04 bits per heavy atom. The van der Waals surface area contributed by atoms with Crippen LogP contribution in [0.2, 0.25) is 0 Å². The highest BCUT2D eigenvalue weighted by Gasteiger charge is 2.15. The van der Waals surface area contributed by atoms with Gasteiger partial charge in [0, 0.05) is 16.6 Å². The molecule has 3 N–H and O–H groups in total. The summed E-state index contributed by atoms with van der Waals surface area (Å²) in [6.07, 6.45) is 0. The predicted octanol–water partition coefficient (Wildman–Crippen LogP) is 3.29. The van der Waals surface area contributed by atoms with Gasteiger partial charge in [0.2, 0.25) is 0 Å². The Kier molecular flexibility index (Phi) is 5.21. The summed E-state index contributed by atoms with van der Waals surface area (Å²) in [6.45, 7) is 3.23. The van der Waals surface area contributed by atoms with Crippen LogP contribution in [-0.2, 0) is 9.53 Å². The third-order valence-electron chi connectivity index (χ3n) is 4.19. The third-order valence-corrected chi connectivity index (χ3v) is 4.19. The molecule has 0 saturated heterocycles. The molecule has 0 radical (unpaired) electrons. The minimum Gasteiger partial charge on any atom is -0.451 e. The van der Waals surface area contributed by atoms with Gasteiger partial charge >= 0.3 is 12.0 Å². The largest absolute Gasteiger partial charge is 0.451 e. The quantitative estimate of drug-likeness (QED) is 0.618. The van der Waals surface area contributed by atoms with Crippen LogP contribution in [0.5, 0.6) is 0 Å². The molecule has 3 aromatic rings. The predicted molar refractivity (Wildman–Crippen MR) is 102 cm³/mol. The third kappa shape index (κ3) is 4.33. The molecule has 0 aliphatic rings. The van der Waals surface area contributed by atoms with Gasteiger partial charge in [-0.15, -0.1) is 0 Å². The highest BCUT2D eigenvalue weighted by molar-refractivity contribution is 6.03. The summed E-state index contributed by atoms with van der Waals surface area (Å²) in [5, 5.41) is 5.60. The number of hydrogen-bond donors (Lipinski definition) is 3. The molecule has 7 nitrogen and oxygen atoms in total. The molecule has 0 spiro atoms. The topological polar surface area (TPSA) is 100 Å². The second kappa shape index (κ2) is 7.74. The number of fused-ring (bicyclic) bond motifs is 1. The van der Waals surface area contributed by atoms with Crippen LogP contribution in [0, 0.1) is 13.8 Å². The monoisotopic (exact) mass is 365 g/mol. The normalized spacial score (nSPS) is 10.4. The van der Waals surface area contributed by atoms with Gasteiger partial charge in [0.05, 0.1) is 0 Å². The molecule has 0 unspecified atom stereocenters. The van der Waals surface area contributed by atoms with E-state index < -0.39 is 24.5 Å². The molecule has 3 rings (SSSR count). The Hall–Kier alpha value is -3.61. The second-order valence-corrected chi connectivity index (χ2v) is 6.10. The number of aromatic amines is 1. The number of aromatic nitrogens is 1. The first-order valence-corrected chi connectivity index (χ1v) is 8.36. The average Bonchev–Trinajstić information content (AvgIpc) is 3.08. The molecule has 27 heavy (non-hydrogen) atoms. The van der Waals surface area contributed by atoms with Crippen molar-refractivity contribution in [2.75, 3.05) is 11.9 Å². The Morgan fingerprint density at radius 2 is 1.81 bits per heavy atom. The zero-order valence-corrected chi connectivity index (χ0v) is 15.0. The number of hydrogen-bond acceptors (Lipinski definition) is 4. The highest BCUT2D eigenvalue weighted by Crippen LogP contribution is 2.17. The van der Waals surface area contributed by atoms with E-state index in [1.54, 1.807) is 12.1 Å². The van der Waals surface area contributed by atoms with Crippen molar-refractivity contribution in [3.63, 3.8) is 0 Å². The van der Waals surface area contributed by atoms with Crippen LogP contribution in [0.15, 0.2) is 48.5 Å². The lowest BCUT2D eigenvalue weighted by molar-refractivity contribution is -0.123. The molecular weight excluding hydrogens is 346 g/mol. The first kappa shape index (κ1) is 18.2. The van der Waals surface area contributed by atoms with Crippen molar-refractivity contribution in [2.45, 2.75) is 13.8 Å². The number of amides is 3. The van der Waals surface area contributed by atoms with E-state index in [4.69, 9.17) is 4.74 Å². The van der Waals surface area contributed by atoms with Gasteiger partial charge in [-0.1, -0.05) is 30.3 Å². The minimum atomic E-state index is -0.720. The number of carbonyl (C=O) groups is 3. The summed E-state index contributed by atoms with van der Waals surface area (Å²) < 4.78 is 4.95. The second-order valence-electron chi connectivity index (χ2n) is 6.10. The van der Waals surface area contributed by atoms with Crippen molar-refractivity contribution >= 4 is 34.5 Å². The van der Waals surface area contributed by atoms with E-state index >= 15 is 0 Å². The molecule has 3 amide bonds. The van der Waals surface area contributed by atoms with Gasteiger partial charge in [-0.2, -0.15) is 0 Å². The van der Waals surface area contributed by atoms with Gasteiger partial charge in [-0.3, -0.25) is 10.1 Å². The Balaban J connectivity index is 1.52. The minimum absolute atomic E-state index is 0.240. The van der Waals surface area contributed by atoms with Gasteiger partial charge in [0.15, 0.2) is 6.61 Å². The van der Waals surface area contributed by atoms with Crippen molar-refractivity contribution in [1.29, 1.82) is 0 Å². The molecule has 7 heteroatoms. The fourth-order valence-corrected chi connectivity index (χ4v) is 2.59. The van der Waals surface area contributed by atoms with Crippen LogP contribution in [0.4, 0.5) is 10.5 Å². The maximum atomic E-state index is 12.0. The van der Waals surface area contributed by atoms with Crippen molar-refractivity contribution in [3.8, 4) is 0 Å². The fraction of sp³-hybridized carbons (Fsp3) is 0.150. The van der Waals surface area contributed by atoms with E-state index in [1.807, 2.05) is 50.2 Å². The summed E-state index contributed by atoms with van der Waals surface area (Å²) in [6, 6.07) is 13.8. The van der Waals surface area contributed by atoms with E-state index in [9.17, 15) is 14.4 Å². The van der Waals surface area contributed by atoms with E-state index in [0.717, 1.165) is 22.0 Å². The number of nitrogens with one attached hydrogen (secondary N) is 3. The van der Waals surface area contributed by atoms with Crippen LogP contribution < -0.4 is 10.6 Å². The number of aryl methyl sites for hydroxylation is 1. The van der Waals surface area contributed by atoms with Gasteiger partial charge in [-0.05, 0) is 43.2 Å². The number of rotatable bonds is 4. The van der Waals surface area contributed by atoms with Crippen molar-refractivity contribution in [1.82, 2.24) is 10.3 Å². The lowest BCUT2D eigenvalue weighted by atomic mass is 10.1. The number of imide groups is 1. The number of anilines is 1. The molecule has 2 aromatic carbocycles. The fourth-order valence-electron chi connectivity index (χ4n) is 2.59.